The highest BCUT2D eigenvalue weighted by atomic mass is 16.7. The smallest absolute Gasteiger partial charge is 0.278 e. The summed E-state index contributed by atoms with van der Waals surface area (Å²) in [6.45, 7) is 1.65. The van der Waals surface area contributed by atoms with Crippen LogP contribution in [0, 0.1) is 10.1 Å². The van der Waals surface area contributed by atoms with Gasteiger partial charge in [-0.3, -0.25) is 10.1 Å². The number of nitro groups is 1. The van der Waals surface area contributed by atoms with E-state index in [1.165, 1.54) is 13.0 Å². The van der Waals surface area contributed by atoms with Gasteiger partial charge in [0.1, 0.15) is 11.2 Å². The molecule has 22 heavy (non-hydrogen) atoms. The van der Waals surface area contributed by atoms with Crippen LogP contribution < -0.4 is 9.47 Å². The zero-order valence-electron chi connectivity index (χ0n) is 11.5. The molecular weight excluding hydrogens is 290 g/mol. The van der Waals surface area contributed by atoms with Gasteiger partial charge in [0.15, 0.2) is 11.5 Å². The molecule has 2 heterocycles. The molecule has 0 bridgehead atoms. The normalized spacial score (nSPS) is 14.6. The number of benzene rings is 2. The molecule has 0 aliphatic carbocycles. The van der Waals surface area contributed by atoms with Crippen molar-refractivity contribution < 1.29 is 23.9 Å². The van der Waals surface area contributed by atoms with Gasteiger partial charge < -0.3 is 19.0 Å². The highest BCUT2D eigenvalue weighted by Crippen LogP contribution is 2.42. The Bertz CT molecular complexity index is 927. The molecule has 1 atom stereocenters. The first-order valence-electron chi connectivity index (χ1n) is 6.67. The van der Waals surface area contributed by atoms with Crippen molar-refractivity contribution in [2.45, 2.75) is 13.0 Å². The summed E-state index contributed by atoms with van der Waals surface area (Å²) >= 11 is 0. The summed E-state index contributed by atoms with van der Waals surface area (Å²) in [4.78, 5) is 10.6. The number of furan rings is 1. The molecule has 0 fully saturated rings. The summed E-state index contributed by atoms with van der Waals surface area (Å²) in [5.41, 5.74) is 1.02. The maximum atomic E-state index is 11.2. The molecule has 0 saturated carbocycles. The van der Waals surface area contributed by atoms with Gasteiger partial charge in [0.05, 0.1) is 22.7 Å². The van der Waals surface area contributed by atoms with Crippen LogP contribution in [0.5, 0.6) is 11.5 Å². The topological polar surface area (TPSA) is 95.0 Å². The van der Waals surface area contributed by atoms with Crippen LogP contribution in [-0.4, -0.2) is 16.8 Å². The lowest BCUT2D eigenvalue weighted by molar-refractivity contribution is -0.386. The predicted octanol–water partition coefficient (Wildman–Crippen LogP) is 3.28. The van der Waals surface area contributed by atoms with Gasteiger partial charge in [0, 0.05) is 16.8 Å². The summed E-state index contributed by atoms with van der Waals surface area (Å²) in [5, 5.41) is 22.4. The fourth-order valence-corrected chi connectivity index (χ4v) is 2.71. The monoisotopic (exact) mass is 301 g/mol. The van der Waals surface area contributed by atoms with E-state index in [4.69, 9.17) is 13.9 Å². The van der Waals surface area contributed by atoms with Crippen molar-refractivity contribution in [2.75, 3.05) is 6.79 Å². The van der Waals surface area contributed by atoms with Crippen LogP contribution in [0.1, 0.15) is 18.6 Å². The lowest BCUT2D eigenvalue weighted by Gasteiger charge is -2.05. The lowest BCUT2D eigenvalue weighted by atomic mass is 10.0. The van der Waals surface area contributed by atoms with Crippen molar-refractivity contribution in [1.29, 1.82) is 0 Å². The Morgan fingerprint density at radius 2 is 1.77 bits per heavy atom. The Morgan fingerprint density at radius 1 is 1.14 bits per heavy atom. The van der Waals surface area contributed by atoms with Gasteiger partial charge in [-0.1, -0.05) is 0 Å². The first-order chi connectivity index (χ1) is 10.5. The molecule has 3 aromatic rings. The molecule has 1 N–H and O–H groups in total. The van der Waals surface area contributed by atoms with Gasteiger partial charge in [0.2, 0.25) is 6.79 Å². The molecule has 0 saturated heterocycles. The zero-order valence-corrected chi connectivity index (χ0v) is 11.5. The molecule has 1 unspecified atom stereocenters. The van der Waals surface area contributed by atoms with Gasteiger partial charge >= 0.3 is 0 Å². The fourth-order valence-electron chi connectivity index (χ4n) is 2.71. The van der Waals surface area contributed by atoms with Crippen LogP contribution in [-0.2, 0) is 0 Å². The molecule has 7 heteroatoms. The Kier molecular flexibility index (Phi) is 2.55. The molecular formula is C15H11NO6. The molecule has 7 nitrogen and oxygen atoms in total. The molecule has 112 valence electrons. The Morgan fingerprint density at radius 3 is 2.45 bits per heavy atom. The number of fused-ring (bicyclic) bond motifs is 4. The minimum atomic E-state index is -0.955. The quantitative estimate of drug-likeness (QED) is 0.576. The maximum absolute atomic E-state index is 11.2. The SMILES string of the molecule is CC(O)c1cc2c(cc1[N+](=O)[O-])oc1cc3c(cc12)OCO3. The summed E-state index contributed by atoms with van der Waals surface area (Å²) in [6.07, 6.45) is -0.955. The first kappa shape index (κ1) is 12.9. The largest absolute Gasteiger partial charge is 0.456 e. The average Bonchev–Trinajstić information content (AvgIpc) is 3.05. The second kappa shape index (κ2) is 4.35. The molecule has 0 radical (unpaired) electrons. The standard InChI is InChI=1S/C15H11NO6/c1-7(17)8-2-9-10-3-14-15(21-6-20-14)5-13(10)22-12(9)4-11(8)16(18)19/h2-5,7,17H,6H2,1H3. The zero-order chi connectivity index (χ0) is 15.4. The summed E-state index contributed by atoms with van der Waals surface area (Å²) < 4.78 is 16.3. The molecule has 1 aliphatic heterocycles. The number of ether oxygens (including phenoxy) is 2. The molecule has 4 rings (SSSR count). The predicted molar refractivity (Wildman–Crippen MR) is 77.1 cm³/mol. The summed E-state index contributed by atoms with van der Waals surface area (Å²) in [6, 6.07) is 6.41. The second-order valence-corrected chi connectivity index (χ2v) is 5.14. The molecule has 1 aliphatic rings. The van der Waals surface area contributed by atoms with Crippen LogP contribution in [0.15, 0.2) is 28.7 Å². The van der Waals surface area contributed by atoms with Crippen molar-refractivity contribution in [1.82, 2.24) is 0 Å². The number of nitrogens with zero attached hydrogens (tertiary/aromatic N) is 1. The van der Waals surface area contributed by atoms with E-state index in [2.05, 4.69) is 0 Å². The van der Waals surface area contributed by atoms with E-state index in [9.17, 15) is 15.2 Å². The Hall–Kier alpha value is -2.80. The van der Waals surface area contributed by atoms with Gasteiger partial charge in [-0.25, -0.2) is 0 Å². The minimum absolute atomic E-state index is 0.157. The highest BCUT2D eigenvalue weighted by molar-refractivity contribution is 6.07. The molecule has 0 spiro atoms. The molecule has 0 amide bonds. The van der Waals surface area contributed by atoms with Crippen molar-refractivity contribution in [3.8, 4) is 11.5 Å². The Labute approximate surface area is 123 Å². The second-order valence-electron chi connectivity index (χ2n) is 5.14. The molecule has 2 aromatic carbocycles. The van der Waals surface area contributed by atoms with Crippen molar-refractivity contribution in [2.24, 2.45) is 0 Å². The van der Waals surface area contributed by atoms with Crippen LogP contribution in [0.3, 0.4) is 0 Å². The number of hydrogen-bond donors (Lipinski definition) is 1. The average molecular weight is 301 g/mol. The van der Waals surface area contributed by atoms with E-state index in [-0.39, 0.29) is 18.0 Å². The van der Waals surface area contributed by atoms with Gasteiger partial charge in [0.25, 0.3) is 5.69 Å². The van der Waals surface area contributed by atoms with E-state index >= 15 is 0 Å². The van der Waals surface area contributed by atoms with Crippen molar-refractivity contribution >= 4 is 27.6 Å². The van der Waals surface area contributed by atoms with Crippen LogP contribution in [0.2, 0.25) is 0 Å². The van der Waals surface area contributed by atoms with Gasteiger partial charge in [-0.15, -0.1) is 0 Å². The number of aliphatic hydroxyl groups is 1. The number of aliphatic hydroxyl groups excluding tert-OH is 1. The van der Waals surface area contributed by atoms with Crippen molar-refractivity contribution in [3.05, 3.63) is 39.9 Å². The summed E-state index contributed by atoms with van der Waals surface area (Å²) in [7, 11) is 0. The van der Waals surface area contributed by atoms with Crippen LogP contribution in [0.25, 0.3) is 21.9 Å². The van der Waals surface area contributed by atoms with Gasteiger partial charge in [-0.2, -0.15) is 0 Å². The van der Waals surface area contributed by atoms with Gasteiger partial charge in [-0.05, 0) is 19.1 Å². The molecule has 1 aromatic heterocycles. The minimum Gasteiger partial charge on any atom is -0.456 e. The first-order valence-corrected chi connectivity index (χ1v) is 6.67. The third kappa shape index (κ3) is 1.72. The van der Waals surface area contributed by atoms with Crippen molar-refractivity contribution in [3.63, 3.8) is 0 Å². The summed E-state index contributed by atoms with van der Waals surface area (Å²) in [5.74, 6) is 1.18. The van der Waals surface area contributed by atoms with E-state index in [0.29, 0.717) is 28.1 Å². The number of rotatable bonds is 2. The number of nitro benzene ring substituents is 1. The van der Waals surface area contributed by atoms with Crippen LogP contribution in [0.4, 0.5) is 5.69 Å². The lowest BCUT2D eigenvalue weighted by Crippen LogP contribution is -1.98. The van der Waals surface area contributed by atoms with E-state index in [1.807, 2.05) is 0 Å². The third-order valence-corrected chi connectivity index (χ3v) is 3.76. The maximum Gasteiger partial charge on any atom is 0.278 e. The van der Waals surface area contributed by atoms with E-state index in [1.54, 1.807) is 18.2 Å². The third-order valence-electron chi connectivity index (χ3n) is 3.76. The van der Waals surface area contributed by atoms with E-state index in [0.717, 1.165) is 5.39 Å². The Balaban J connectivity index is 2.07. The number of hydrogen-bond acceptors (Lipinski definition) is 6. The fraction of sp³-hybridized carbons (Fsp3) is 0.200. The van der Waals surface area contributed by atoms with Crippen LogP contribution >= 0.6 is 0 Å². The van der Waals surface area contributed by atoms with E-state index < -0.39 is 11.0 Å². The highest BCUT2D eigenvalue weighted by Gasteiger charge is 2.23.